The van der Waals surface area contributed by atoms with Gasteiger partial charge in [-0.05, 0) is 25.4 Å². The Bertz CT molecular complexity index is 291. The van der Waals surface area contributed by atoms with Gasteiger partial charge in [-0.3, -0.25) is 9.36 Å². The SMILES string of the molecule is CCOP(=O)(CCNS(=O)C(=O)Cl)OCC. The van der Waals surface area contributed by atoms with Crippen LogP contribution in [0.4, 0.5) is 4.79 Å². The van der Waals surface area contributed by atoms with E-state index in [1.807, 2.05) is 0 Å². The van der Waals surface area contributed by atoms with Crippen molar-refractivity contribution in [3.8, 4) is 0 Å². The van der Waals surface area contributed by atoms with Crippen LogP contribution in [0.25, 0.3) is 0 Å². The molecule has 0 aliphatic heterocycles. The van der Waals surface area contributed by atoms with E-state index in [9.17, 15) is 13.6 Å². The number of carbonyl (C=O) groups excluding carboxylic acids is 1. The first-order valence-corrected chi connectivity index (χ1v) is 7.93. The number of rotatable bonds is 8. The second kappa shape index (κ2) is 8.33. The highest BCUT2D eigenvalue weighted by Gasteiger charge is 2.23. The van der Waals surface area contributed by atoms with Gasteiger partial charge in [0, 0.05) is 6.54 Å². The molecule has 1 unspecified atom stereocenters. The zero-order chi connectivity index (χ0) is 12.6. The van der Waals surface area contributed by atoms with Crippen LogP contribution in [0.1, 0.15) is 13.8 Å². The highest BCUT2D eigenvalue weighted by atomic mass is 35.5. The van der Waals surface area contributed by atoms with Crippen LogP contribution in [0, 0.1) is 0 Å². The molecule has 0 rings (SSSR count). The van der Waals surface area contributed by atoms with Crippen LogP contribution in [0.5, 0.6) is 0 Å². The molecule has 0 radical (unpaired) electrons. The fraction of sp³-hybridized carbons (Fsp3) is 0.857. The summed E-state index contributed by atoms with van der Waals surface area (Å²) in [4.78, 5) is 10.4. The van der Waals surface area contributed by atoms with Crippen LogP contribution in [0.3, 0.4) is 0 Å². The third-order valence-corrected chi connectivity index (χ3v) is 4.67. The summed E-state index contributed by atoms with van der Waals surface area (Å²) in [6.07, 6.45) is 0.0323. The quantitative estimate of drug-likeness (QED) is 0.545. The molecule has 6 nitrogen and oxygen atoms in total. The molecule has 96 valence electrons. The lowest BCUT2D eigenvalue weighted by Crippen LogP contribution is -2.24. The van der Waals surface area contributed by atoms with Gasteiger partial charge in [0.15, 0.2) is 11.0 Å². The van der Waals surface area contributed by atoms with Crippen molar-refractivity contribution in [3.63, 3.8) is 0 Å². The number of nitrogens with one attached hydrogen (secondary N) is 1. The first kappa shape index (κ1) is 16.2. The van der Waals surface area contributed by atoms with Crippen LogP contribution in [0.15, 0.2) is 0 Å². The number of hydrogen-bond acceptors (Lipinski definition) is 5. The van der Waals surface area contributed by atoms with E-state index in [1.165, 1.54) is 0 Å². The summed E-state index contributed by atoms with van der Waals surface area (Å²) in [5, 5.41) is 0. The Balaban J connectivity index is 4.08. The second-order valence-electron chi connectivity index (χ2n) is 2.57. The minimum absolute atomic E-state index is 0.0323. The van der Waals surface area contributed by atoms with Crippen LogP contribution in [-0.4, -0.2) is 34.7 Å². The van der Waals surface area contributed by atoms with E-state index in [0.29, 0.717) is 0 Å². The monoisotopic (exact) mass is 291 g/mol. The summed E-state index contributed by atoms with van der Waals surface area (Å²) in [6.45, 7) is 3.96. The van der Waals surface area contributed by atoms with Gasteiger partial charge in [0.2, 0.25) is 0 Å². The Labute approximate surface area is 102 Å². The Hall–Kier alpha value is 0.220. The van der Waals surface area contributed by atoms with E-state index in [0.717, 1.165) is 0 Å². The molecule has 0 aromatic heterocycles. The van der Waals surface area contributed by atoms with Crippen LogP contribution >= 0.6 is 19.2 Å². The Kier molecular flexibility index (Phi) is 8.45. The Morgan fingerprint density at radius 2 is 1.88 bits per heavy atom. The van der Waals surface area contributed by atoms with E-state index in [4.69, 9.17) is 20.6 Å². The van der Waals surface area contributed by atoms with Crippen molar-refractivity contribution in [2.24, 2.45) is 0 Å². The van der Waals surface area contributed by atoms with Crippen molar-refractivity contribution in [2.75, 3.05) is 25.9 Å². The summed E-state index contributed by atoms with van der Waals surface area (Å²) in [6, 6.07) is 0. The second-order valence-corrected chi connectivity index (χ2v) is 6.52. The lowest BCUT2D eigenvalue weighted by molar-refractivity contribution is 0.220. The predicted molar refractivity (Wildman–Crippen MR) is 63.1 cm³/mol. The predicted octanol–water partition coefficient (Wildman–Crippen LogP) is 1.86. The molecule has 0 aliphatic carbocycles. The molecule has 0 aromatic rings. The minimum atomic E-state index is -3.16. The van der Waals surface area contributed by atoms with Gasteiger partial charge in [0.1, 0.15) is 0 Å². The summed E-state index contributed by atoms with van der Waals surface area (Å²) in [5.41, 5.74) is 0. The topological polar surface area (TPSA) is 81.7 Å². The van der Waals surface area contributed by atoms with E-state index in [1.54, 1.807) is 13.8 Å². The highest BCUT2D eigenvalue weighted by Crippen LogP contribution is 2.47. The first-order chi connectivity index (χ1) is 7.45. The molecule has 0 aliphatic rings. The lowest BCUT2D eigenvalue weighted by Gasteiger charge is -2.16. The van der Waals surface area contributed by atoms with Gasteiger partial charge in [0.25, 0.3) is 0 Å². The maximum Gasteiger partial charge on any atom is 0.331 e. The van der Waals surface area contributed by atoms with Crippen molar-refractivity contribution in [1.82, 2.24) is 4.72 Å². The van der Waals surface area contributed by atoms with Gasteiger partial charge in [-0.15, -0.1) is 0 Å². The molecule has 0 bridgehead atoms. The normalized spacial score (nSPS) is 13.7. The smallest absolute Gasteiger partial charge is 0.309 e. The van der Waals surface area contributed by atoms with Crippen molar-refractivity contribution in [1.29, 1.82) is 0 Å². The zero-order valence-electron chi connectivity index (χ0n) is 9.10. The summed E-state index contributed by atoms with van der Waals surface area (Å²) < 4.78 is 34.0. The van der Waals surface area contributed by atoms with Gasteiger partial charge in [0.05, 0.1) is 19.4 Å². The maximum atomic E-state index is 11.9. The molecule has 1 atom stereocenters. The van der Waals surface area contributed by atoms with Crippen LogP contribution < -0.4 is 4.72 Å². The fourth-order valence-corrected chi connectivity index (χ4v) is 3.11. The largest absolute Gasteiger partial charge is 0.331 e. The van der Waals surface area contributed by atoms with E-state index in [2.05, 4.69) is 4.72 Å². The average Bonchev–Trinajstić information content (AvgIpc) is 2.17. The summed E-state index contributed by atoms with van der Waals surface area (Å²) in [7, 11) is -5.13. The number of hydrogen-bond donors (Lipinski definition) is 1. The third-order valence-electron chi connectivity index (χ3n) is 1.42. The van der Waals surface area contributed by atoms with Crippen molar-refractivity contribution < 1.29 is 22.6 Å². The van der Waals surface area contributed by atoms with Gasteiger partial charge in [-0.1, -0.05) is 0 Å². The molecule has 0 heterocycles. The van der Waals surface area contributed by atoms with Gasteiger partial charge >= 0.3 is 12.2 Å². The van der Waals surface area contributed by atoms with E-state index in [-0.39, 0.29) is 25.9 Å². The van der Waals surface area contributed by atoms with Crippen molar-refractivity contribution in [2.45, 2.75) is 13.8 Å². The Morgan fingerprint density at radius 3 is 2.25 bits per heavy atom. The molecular formula is C7H15ClNO5PS. The molecular weight excluding hydrogens is 277 g/mol. The summed E-state index contributed by atoms with van der Waals surface area (Å²) in [5.74, 6) is 0. The fourth-order valence-electron chi connectivity index (χ4n) is 0.892. The van der Waals surface area contributed by atoms with Gasteiger partial charge in [-0.2, -0.15) is 0 Å². The zero-order valence-corrected chi connectivity index (χ0v) is 11.6. The standard InChI is InChI=1S/C7H15ClNO5PS/c1-3-13-15(11,14-4-2)6-5-9-16(12)7(8)10/h9H,3-6H2,1-2H3. The maximum absolute atomic E-state index is 11.9. The molecule has 0 saturated carbocycles. The molecule has 0 aromatic carbocycles. The Morgan fingerprint density at radius 1 is 1.38 bits per heavy atom. The minimum Gasteiger partial charge on any atom is -0.309 e. The van der Waals surface area contributed by atoms with Gasteiger partial charge < -0.3 is 9.05 Å². The molecule has 1 N–H and O–H groups in total. The van der Waals surface area contributed by atoms with Crippen LogP contribution in [0.2, 0.25) is 0 Å². The van der Waals surface area contributed by atoms with Crippen molar-refractivity contribution in [3.05, 3.63) is 0 Å². The molecule has 16 heavy (non-hydrogen) atoms. The lowest BCUT2D eigenvalue weighted by atomic mass is 10.8. The number of halogens is 1. The van der Waals surface area contributed by atoms with Crippen LogP contribution in [-0.2, 0) is 24.6 Å². The van der Waals surface area contributed by atoms with Crippen molar-refractivity contribution >= 4 is 34.8 Å². The molecule has 0 saturated heterocycles. The van der Waals surface area contributed by atoms with E-state index < -0.39 is 23.2 Å². The third kappa shape index (κ3) is 6.73. The molecule has 9 heteroatoms. The molecule has 0 spiro atoms. The first-order valence-electron chi connectivity index (χ1n) is 4.68. The highest BCUT2D eigenvalue weighted by molar-refractivity contribution is 8.02. The summed E-state index contributed by atoms with van der Waals surface area (Å²) >= 11 is 4.97. The van der Waals surface area contributed by atoms with Gasteiger partial charge in [-0.25, -0.2) is 8.93 Å². The average molecular weight is 292 g/mol. The molecule has 0 amide bonds. The number of carbonyl (C=O) groups is 1. The van der Waals surface area contributed by atoms with E-state index >= 15 is 0 Å². The molecule has 0 fully saturated rings.